The summed E-state index contributed by atoms with van der Waals surface area (Å²) in [4.78, 5) is 12.6. The van der Waals surface area contributed by atoms with E-state index in [4.69, 9.17) is 0 Å². The van der Waals surface area contributed by atoms with E-state index in [1.165, 1.54) is 238 Å². The quantitative estimate of drug-likeness (QED) is 0.0308. The van der Waals surface area contributed by atoms with Gasteiger partial charge in [0.25, 0.3) is 0 Å². The van der Waals surface area contributed by atoms with Gasteiger partial charge < -0.3 is 25.7 Å². The number of hydrogen-bond donors (Lipinski definition) is 5. The van der Waals surface area contributed by atoms with E-state index < -0.39 is 36.9 Å². The number of amides is 1. The second kappa shape index (κ2) is 58.2. The topological polar surface area (TPSA) is 110 Å². The van der Waals surface area contributed by atoms with E-state index in [1.54, 1.807) is 0 Å². The molecule has 0 heterocycles. The lowest BCUT2D eigenvalue weighted by atomic mass is 10.00. The molecule has 0 aromatic heterocycles. The number of unbranched alkanes of at least 4 members (excludes halogenated alkanes) is 40. The average Bonchev–Trinajstić information content (AvgIpc) is 3.36. The molecule has 5 N–H and O–H groups in total. The predicted octanol–water partition coefficient (Wildman–Crippen LogP) is 18.5. The molecule has 4 unspecified atom stereocenters. The highest BCUT2D eigenvalue weighted by atomic mass is 16.3. The predicted molar refractivity (Wildman–Crippen MR) is 307 cm³/mol. The van der Waals surface area contributed by atoms with Gasteiger partial charge in [0.05, 0.1) is 18.8 Å². The van der Waals surface area contributed by atoms with Crippen molar-refractivity contribution in [2.75, 3.05) is 6.61 Å². The summed E-state index contributed by atoms with van der Waals surface area (Å²) in [5.41, 5.74) is 0. The lowest BCUT2D eigenvalue weighted by molar-refractivity contribution is -0.132. The van der Waals surface area contributed by atoms with Crippen LogP contribution in [0.1, 0.15) is 322 Å². The van der Waals surface area contributed by atoms with E-state index >= 15 is 0 Å². The van der Waals surface area contributed by atoms with Gasteiger partial charge in [-0.3, -0.25) is 4.79 Å². The second-order valence-corrected chi connectivity index (χ2v) is 21.4. The Hall–Kier alpha value is -1.73. The van der Waals surface area contributed by atoms with Crippen molar-refractivity contribution in [1.82, 2.24) is 5.32 Å². The summed E-state index contributed by atoms with van der Waals surface area (Å²) in [6.45, 7) is 4.06. The smallest absolute Gasteiger partial charge is 0.249 e. The van der Waals surface area contributed by atoms with Crippen molar-refractivity contribution in [3.05, 3.63) is 48.6 Å². The minimum absolute atomic E-state index is 0.360. The highest BCUT2D eigenvalue weighted by Crippen LogP contribution is 2.18. The molecule has 0 aromatic rings. The SMILES string of the molecule is CCCCCCCCC/C=C/CC/C=C/CC/C=C/CCCC(O)C(O)C(CO)NC(=O)C(O)CCCCCCCCCCCCCCCCCC/C=C\CCCCCCCCCCCCCCCC. The van der Waals surface area contributed by atoms with Crippen LogP contribution >= 0.6 is 0 Å². The van der Waals surface area contributed by atoms with Crippen LogP contribution in [0.25, 0.3) is 0 Å². The molecule has 0 fully saturated rings. The van der Waals surface area contributed by atoms with Crippen molar-refractivity contribution in [2.45, 2.75) is 346 Å². The number of allylic oxidation sites excluding steroid dienone is 8. The maximum absolute atomic E-state index is 12.6. The van der Waals surface area contributed by atoms with Crippen LogP contribution < -0.4 is 5.32 Å². The van der Waals surface area contributed by atoms with Crippen molar-refractivity contribution in [1.29, 1.82) is 0 Å². The third kappa shape index (κ3) is 51.2. The van der Waals surface area contributed by atoms with Crippen molar-refractivity contribution < 1.29 is 25.2 Å². The van der Waals surface area contributed by atoms with Crippen LogP contribution in [0.5, 0.6) is 0 Å². The van der Waals surface area contributed by atoms with E-state index in [-0.39, 0.29) is 0 Å². The lowest BCUT2D eigenvalue weighted by Gasteiger charge is -2.27. The summed E-state index contributed by atoms with van der Waals surface area (Å²) in [5, 5.41) is 44.0. The minimum atomic E-state index is -1.29. The number of nitrogens with one attached hydrogen (secondary N) is 1. The van der Waals surface area contributed by atoms with Crippen LogP contribution in [-0.4, -0.2) is 57.3 Å². The molecule has 6 heteroatoms. The Balaban J connectivity index is 3.61. The first kappa shape index (κ1) is 68.3. The molecule has 412 valence electrons. The van der Waals surface area contributed by atoms with Crippen LogP contribution in [0.3, 0.4) is 0 Å². The van der Waals surface area contributed by atoms with Crippen LogP contribution in [0.2, 0.25) is 0 Å². The second-order valence-electron chi connectivity index (χ2n) is 21.4. The molecule has 0 aliphatic rings. The molecule has 0 aliphatic heterocycles. The number of rotatable bonds is 57. The van der Waals surface area contributed by atoms with Gasteiger partial charge in [0, 0.05) is 0 Å². The number of hydrogen-bond acceptors (Lipinski definition) is 5. The molecule has 0 bridgehead atoms. The monoisotopic (exact) mass is 984 g/mol. The Morgan fingerprint density at radius 1 is 0.343 bits per heavy atom. The molecule has 70 heavy (non-hydrogen) atoms. The number of aliphatic hydroxyl groups excluding tert-OH is 4. The fraction of sp³-hybridized carbons (Fsp3) is 0.859. The van der Waals surface area contributed by atoms with E-state index in [0.717, 1.165) is 51.4 Å². The summed E-state index contributed by atoms with van der Waals surface area (Å²) in [6, 6.07) is -1.01. The Labute approximate surface area is 436 Å². The van der Waals surface area contributed by atoms with Crippen LogP contribution in [-0.2, 0) is 4.79 Å². The summed E-state index contributed by atoms with van der Waals surface area (Å²) < 4.78 is 0. The van der Waals surface area contributed by atoms with Gasteiger partial charge in [-0.15, -0.1) is 0 Å². The van der Waals surface area contributed by atoms with Gasteiger partial charge in [-0.2, -0.15) is 0 Å². The molecule has 4 atom stereocenters. The number of aliphatic hydroxyl groups is 4. The first-order valence-electron chi connectivity index (χ1n) is 31.0. The third-order valence-corrected chi connectivity index (χ3v) is 14.5. The summed E-state index contributed by atoms with van der Waals surface area (Å²) in [7, 11) is 0. The van der Waals surface area contributed by atoms with Crippen molar-refractivity contribution in [3.8, 4) is 0 Å². The van der Waals surface area contributed by atoms with Crippen LogP contribution in [0.15, 0.2) is 48.6 Å². The van der Waals surface area contributed by atoms with Crippen molar-refractivity contribution >= 4 is 5.91 Å². The van der Waals surface area contributed by atoms with Gasteiger partial charge >= 0.3 is 0 Å². The van der Waals surface area contributed by atoms with Gasteiger partial charge in [0.1, 0.15) is 12.2 Å². The maximum atomic E-state index is 12.6. The molecule has 6 nitrogen and oxygen atoms in total. The van der Waals surface area contributed by atoms with E-state index in [9.17, 15) is 25.2 Å². The first-order chi connectivity index (χ1) is 34.5. The molecular weight excluding hydrogens is 863 g/mol. The summed E-state index contributed by atoms with van der Waals surface area (Å²) >= 11 is 0. The van der Waals surface area contributed by atoms with Gasteiger partial charge in [-0.05, 0) is 89.9 Å². The fourth-order valence-electron chi connectivity index (χ4n) is 9.61. The molecule has 0 rings (SSSR count). The Morgan fingerprint density at radius 2 is 0.600 bits per heavy atom. The first-order valence-corrected chi connectivity index (χ1v) is 31.0. The highest BCUT2D eigenvalue weighted by Gasteiger charge is 2.28. The molecule has 0 aliphatic carbocycles. The van der Waals surface area contributed by atoms with E-state index in [2.05, 4.69) is 67.8 Å². The number of carbonyl (C=O) groups excluding carboxylic acids is 1. The van der Waals surface area contributed by atoms with Crippen LogP contribution in [0, 0.1) is 0 Å². The minimum Gasteiger partial charge on any atom is -0.394 e. The zero-order chi connectivity index (χ0) is 50.9. The van der Waals surface area contributed by atoms with Gasteiger partial charge in [-0.1, -0.05) is 281 Å². The van der Waals surface area contributed by atoms with Gasteiger partial charge in [0.15, 0.2) is 0 Å². The third-order valence-electron chi connectivity index (χ3n) is 14.5. The molecule has 0 saturated heterocycles. The summed E-state index contributed by atoms with van der Waals surface area (Å²) in [6.07, 6.45) is 74.9. The summed E-state index contributed by atoms with van der Waals surface area (Å²) in [5.74, 6) is -0.596. The normalized spacial score (nSPS) is 14.0. The zero-order valence-electron chi connectivity index (χ0n) is 46.8. The Bertz CT molecular complexity index is 1150. The lowest BCUT2D eigenvalue weighted by Crippen LogP contribution is -2.53. The molecular formula is C64H121NO5. The van der Waals surface area contributed by atoms with Gasteiger partial charge in [-0.25, -0.2) is 0 Å². The Kier molecular flexibility index (Phi) is 56.7. The fourth-order valence-corrected chi connectivity index (χ4v) is 9.61. The van der Waals surface area contributed by atoms with Crippen LogP contribution in [0.4, 0.5) is 0 Å². The Morgan fingerprint density at radius 3 is 0.900 bits per heavy atom. The van der Waals surface area contributed by atoms with Crippen molar-refractivity contribution in [2.24, 2.45) is 0 Å². The largest absolute Gasteiger partial charge is 0.394 e. The van der Waals surface area contributed by atoms with E-state index in [0.29, 0.717) is 19.3 Å². The number of carbonyl (C=O) groups is 1. The molecule has 1 amide bonds. The highest BCUT2D eigenvalue weighted by molar-refractivity contribution is 5.80. The molecule has 0 saturated carbocycles. The molecule has 0 spiro atoms. The van der Waals surface area contributed by atoms with Crippen molar-refractivity contribution in [3.63, 3.8) is 0 Å². The average molecular weight is 985 g/mol. The van der Waals surface area contributed by atoms with Gasteiger partial charge in [0.2, 0.25) is 5.91 Å². The molecule has 0 aromatic carbocycles. The standard InChI is InChI=1S/C64H121NO5/c1-3-5-7-9-11-13-15-17-19-21-23-25-26-27-28-29-30-31-32-33-34-35-36-37-38-40-42-44-46-48-50-52-54-56-58-62(68)64(70)65-60(59-66)63(69)61(67)57-55-53-51-49-47-45-43-41-39-24-22-20-18-16-14-12-10-8-6-4-2/h20,22,29-30,41,43,49,51,60-63,66-69H,3-19,21,23-28,31-40,42,44-48,50,52-59H2,1-2H3,(H,65,70)/b22-20+,30-29-,43-41+,51-49+. The molecule has 0 radical (unpaired) electrons. The zero-order valence-corrected chi connectivity index (χ0v) is 46.8. The van der Waals surface area contributed by atoms with E-state index in [1.807, 2.05) is 0 Å². The maximum Gasteiger partial charge on any atom is 0.249 e.